The zero-order valence-corrected chi connectivity index (χ0v) is 11.4. The Balaban J connectivity index is 0.00000161. The van der Waals surface area contributed by atoms with Crippen molar-refractivity contribution < 1.29 is 17.6 Å². The van der Waals surface area contributed by atoms with Gasteiger partial charge in [0.2, 0.25) is 0 Å². The quantitative estimate of drug-likeness (QED) is 0.584. The summed E-state index contributed by atoms with van der Waals surface area (Å²) >= 11 is 0. The lowest BCUT2D eigenvalue weighted by molar-refractivity contribution is -0.0839. The summed E-state index contributed by atoms with van der Waals surface area (Å²) in [7, 11) is 0. The second-order valence-corrected chi connectivity index (χ2v) is 6.35. The van der Waals surface area contributed by atoms with E-state index in [0.717, 1.165) is 31.7 Å². The van der Waals surface area contributed by atoms with Gasteiger partial charge in [-0.05, 0) is 42.7 Å². The Morgan fingerprint density at radius 3 is 2.29 bits per heavy atom. The van der Waals surface area contributed by atoms with E-state index in [1.54, 1.807) is 0 Å². The first-order valence-electron chi connectivity index (χ1n) is 7.26. The predicted molar refractivity (Wildman–Crippen MR) is 75.3 cm³/mol. The van der Waals surface area contributed by atoms with Gasteiger partial charge in [-0.25, -0.2) is 17.6 Å². The standard InChI is InChI=1S/C16H18F4.CH4/c1-9-2-4-10(5-3-9)12-8-11-6-7-13(17)15(18)14(11)16(12,19)20;/h6-7,9-10,12H,2-5,8H2,1H3;1H4. The van der Waals surface area contributed by atoms with Crippen molar-refractivity contribution in [2.75, 3.05) is 0 Å². The van der Waals surface area contributed by atoms with Gasteiger partial charge in [0.25, 0.3) is 5.92 Å². The Bertz CT molecular complexity index is 516. The zero-order valence-electron chi connectivity index (χ0n) is 11.4. The summed E-state index contributed by atoms with van der Waals surface area (Å²) < 4.78 is 56.0. The fraction of sp³-hybridized carbons (Fsp3) is 0.647. The van der Waals surface area contributed by atoms with Gasteiger partial charge in [0.1, 0.15) is 0 Å². The third-order valence-electron chi connectivity index (χ3n) is 5.05. The molecule has 0 aliphatic heterocycles. The molecule has 1 unspecified atom stereocenters. The summed E-state index contributed by atoms with van der Waals surface area (Å²) in [6.45, 7) is 2.13. The van der Waals surface area contributed by atoms with E-state index in [0.29, 0.717) is 5.92 Å². The van der Waals surface area contributed by atoms with Crippen LogP contribution in [0.5, 0.6) is 0 Å². The van der Waals surface area contributed by atoms with Crippen molar-refractivity contribution in [3.63, 3.8) is 0 Å². The van der Waals surface area contributed by atoms with Crippen LogP contribution in [0.25, 0.3) is 0 Å². The smallest absolute Gasteiger partial charge is 0.204 e. The Labute approximate surface area is 123 Å². The Hall–Kier alpha value is -1.06. The predicted octanol–water partition coefficient (Wildman–Crippen LogP) is 5.69. The number of rotatable bonds is 1. The SMILES string of the molecule is C.CC1CCC(C2Cc3ccc(F)c(F)c3C2(F)F)CC1. The van der Waals surface area contributed by atoms with Crippen molar-refractivity contribution in [1.29, 1.82) is 0 Å². The van der Waals surface area contributed by atoms with E-state index in [9.17, 15) is 17.6 Å². The molecule has 3 rings (SSSR count). The van der Waals surface area contributed by atoms with Crippen LogP contribution in [0.1, 0.15) is 51.2 Å². The van der Waals surface area contributed by atoms with Gasteiger partial charge in [-0.15, -0.1) is 0 Å². The molecule has 0 spiro atoms. The fourth-order valence-electron chi connectivity index (χ4n) is 3.82. The summed E-state index contributed by atoms with van der Waals surface area (Å²) in [5.41, 5.74) is -0.418. The van der Waals surface area contributed by atoms with Gasteiger partial charge in [0, 0.05) is 5.92 Å². The van der Waals surface area contributed by atoms with E-state index >= 15 is 0 Å². The summed E-state index contributed by atoms with van der Waals surface area (Å²) in [6, 6.07) is 2.27. The van der Waals surface area contributed by atoms with Crippen LogP contribution in [0.3, 0.4) is 0 Å². The minimum absolute atomic E-state index is 0. The number of alkyl halides is 2. The maximum atomic E-state index is 14.5. The Morgan fingerprint density at radius 2 is 1.67 bits per heavy atom. The third kappa shape index (κ3) is 2.58. The molecule has 2 aliphatic carbocycles. The molecule has 1 atom stereocenters. The van der Waals surface area contributed by atoms with Crippen LogP contribution < -0.4 is 0 Å². The number of fused-ring (bicyclic) bond motifs is 1. The van der Waals surface area contributed by atoms with Gasteiger partial charge < -0.3 is 0 Å². The molecule has 2 aliphatic rings. The number of hydrogen-bond donors (Lipinski definition) is 0. The second-order valence-electron chi connectivity index (χ2n) is 6.35. The van der Waals surface area contributed by atoms with Crippen molar-refractivity contribution in [2.24, 2.45) is 17.8 Å². The van der Waals surface area contributed by atoms with Crippen LogP contribution >= 0.6 is 0 Å². The first-order chi connectivity index (χ1) is 9.41. The number of benzene rings is 1. The molecule has 0 bridgehead atoms. The lowest BCUT2D eigenvalue weighted by atomic mass is 9.74. The molecule has 0 saturated heterocycles. The van der Waals surface area contributed by atoms with Gasteiger partial charge in [-0.1, -0.05) is 33.3 Å². The molecular formula is C17H22F4. The van der Waals surface area contributed by atoms with Crippen molar-refractivity contribution >= 4 is 0 Å². The number of halogens is 4. The highest BCUT2D eigenvalue weighted by atomic mass is 19.3. The molecule has 0 nitrogen and oxygen atoms in total. The average Bonchev–Trinajstić information content (AvgIpc) is 2.67. The van der Waals surface area contributed by atoms with E-state index in [1.165, 1.54) is 6.07 Å². The Morgan fingerprint density at radius 1 is 1.05 bits per heavy atom. The van der Waals surface area contributed by atoms with Gasteiger partial charge in [0.15, 0.2) is 11.6 Å². The van der Waals surface area contributed by atoms with E-state index in [2.05, 4.69) is 6.92 Å². The molecule has 0 radical (unpaired) electrons. The highest BCUT2D eigenvalue weighted by Gasteiger charge is 2.53. The van der Waals surface area contributed by atoms with Crippen LogP contribution in [-0.2, 0) is 12.3 Å². The molecule has 1 aromatic rings. The Kier molecular flexibility index (Phi) is 4.36. The summed E-state index contributed by atoms with van der Waals surface area (Å²) in [6.07, 6.45) is 3.59. The van der Waals surface area contributed by atoms with Gasteiger partial charge in [-0.3, -0.25) is 0 Å². The van der Waals surface area contributed by atoms with Crippen LogP contribution in [0.4, 0.5) is 17.6 Å². The highest BCUT2D eigenvalue weighted by Crippen LogP contribution is 2.53. The summed E-state index contributed by atoms with van der Waals surface area (Å²) in [4.78, 5) is 0. The molecule has 4 heteroatoms. The second kappa shape index (κ2) is 5.62. The van der Waals surface area contributed by atoms with Crippen molar-refractivity contribution in [1.82, 2.24) is 0 Å². The largest absolute Gasteiger partial charge is 0.279 e. The minimum Gasteiger partial charge on any atom is -0.204 e. The number of hydrogen-bond acceptors (Lipinski definition) is 0. The van der Waals surface area contributed by atoms with Gasteiger partial charge >= 0.3 is 0 Å². The molecule has 0 N–H and O–H groups in total. The van der Waals surface area contributed by atoms with Crippen molar-refractivity contribution in [2.45, 2.75) is 52.4 Å². The normalized spacial score (nSPS) is 30.6. The van der Waals surface area contributed by atoms with Crippen molar-refractivity contribution in [3.8, 4) is 0 Å². The third-order valence-corrected chi connectivity index (χ3v) is 5.05. The van der Waals surface area contributed by atoms with Gasteiger partial charge in [0.05, 0.1) is 5.56 Å². The van der Waals surface area contributed by atoms with Crippen LogP contribution in [0.15, 0.2) is 12.1 Å². The van der Waals surface area contributed by atoms with Crippen molar-refractivity contribution in [3.05, 3.63) is 34.9 Å². The highest BCUT2D eigenvalue weighted by molar-refractivity contribution is 5.39. The molecule has 0 amide bonds. The maximum absolute atomic E-state index is 14.5. The monoisotopic (exact) mass is 302 g/mol. The maximum Gasteiger partial charge on any atom is 0.279 e. The van der Waals surface area contributed by atoms with Crippen LogP contribution in [0.2, 0.25) is 0 Å². The molecule has 1 fully saturated rings. The molecule has 0 aromatic heterocycles. The van der Waals surface area contributed by atoms with E-state index in [1.807, 2.05) is 0 Å². The van der Waals surface area contributed by atoms with E-state index < -0.39 is 29.0 Å². The lowest BCUT2D eigenvalue weighted by Gasteiger charge is -2.33. The molecule has 1 saturated carbocycles. The first-order valence-corrected chi connectivity index (χ1v) is 7.26. The molecule has 118 valence electrons. The minimum atomic E-state index is -3.24. The van der Waals surface area contributed by atoms with Crippen LogP contribution in [0, 0.1) is 29.4 Å². The van der Waals surface area contributed by atoms with Crippen LogP contribution in [-0.4, -0.2) is 0 Å². The molecule has 1 aromatic carbocycles. The van der Waals surface area contributed by atoms with Gasteiger partial charge in [-0.2, -0.15) is 0 Å². The summed E-state index contributed by atoms with van der Waals surface area (Å²) in [5, 5.41) is 0. The van der Waals surface area contributed by atoms with E-state index in [-0.39, 0.29) is 25.3 Å². The zero-order chi connectivity index (χ0) is 14.5. The lowest BCUT2D eigenvalue weighted by Crippen LogP contribution is -2.31. The first kappa shape index (κ1) is 16.3. The van der Waals surface area contributed by atoms with E-state index in [4.69, 9.17) is 0 Å². The fourth-order valence-corrected chi connectivity index (χ4v) is 3.82. The molecular weight excluding hydrogens is 280 g/mol. The average molecular weight is 302 g/mol. The topological polar surface area (TPSA) is 0 Å². The molecule has 21 heavy (non-hydrogen) atoms. The molecule has 0 heterocycles. The summed E-state index contributed by atoms with van der Waals surface area (Å²) in [5.74, 6) is -6.16.